The lowest BCUT2D eigenvalue weighted by Gasteiger charge is -2.38. The van der Waals surface area contributed by atoms with Gasteiger partial charge in [0.1, 0.15) is 40.5 Å². The van der Waals surface area contributed by atoms with E-state index in [1.54, 1.807) is 0 Å². The van der Waals surface area contributed by atoms with Crippen LogP contribution in [0, 0.1) is 11.6 Å². The molecule has 6 heterocycles. The van der Waals surface area contributed by atoms with Gasteiger partial charge in [0, 0.05) is 96.1 Å². The number of alkyl halides is 2. The fourth-order valence-electron chi connectivity index (χ4n) is 9.01. The van der Waals surface area contributed by atoms with Crippen LogP contribution < -0.4 is 40.7 Å². The summed E-state index contributed by atoms with van der Waals surface area (Å²) >= 11 is 0. The smallest absolute Gasteiger partial charge is 0.342 e. The number of rotatable bonds is 12. The zero-order chi connectivity index (χ0) is 44.4. The van der Waals surface area contributed by atoms with Crippen LogP contribution in [-0.2, 0) is 14.4 Å². The van der Waals surface area contributed by atoms with Crippen LogP contribution in [0.25, 0.3) is 0 Å². The molecule has 1 atom stereocenters. The number of imide groups is 1. The van der Waals surface area contributed by atoms with Crippen molar-refractivity contribution in [2.75, 3.05) is 98.4 Å². The zero-order valence-electron chi connectivity index (χ0n) is 35.3. The highest BCUT2D eigenvalue weighted by Crippen LogP contribution is 2.40. The van der Waals surface area contributed by atoms with Gasteiger partial charge in [-0.3, -0.25) is 29.4 Å². The van der Waals surface area contributed by atoms with Gasteiger partial charge in [-0.05, 0) is 32.1 Å². The minimum absolute atomic E-state index is 0.0584. The first kappa shape index (κ1) is 43.8. The zero-order valence-corrected chi connectivity index (χ0v) is 35.3. The number of ether oxygens (including phenoxy) is 1. The number of piperidine rings is 2. The van der Waals surface area contributed by atoms with Crippen molar-refractivity contribution in [1.29, 1.82) is 0 Å². The minimum Gasteiger partial charge on any atom is -0.494 e. The number of methoxy groups -OCH3 is 1. The van der Waals surface area contributed by atoms with E-state index < -0.39 is 42.0 Å². The molecule has 21 heteroatoms. The van der Waals surface area contributed by atoms with Crippen LogP contribution in [0.4, 0.5) is 52.1 Å². The third kappa shape index (κ3) is 9.73. The highest BCUT2D eigenvalue weighted by atomic mass is 19.3. The number of pyridine rings is 1. The second kappa shape index (κ2) is 18.5. The van der Waals surface area contributed by atoms with Crippen molar-refractivity contribution in [3.05, 3.63) is 47.9 Å². The molecule has 338 valence electrons. The molecule has 3 aromatic rings. The number of benzene rings is 1. The second-order valence-corrected chi connectivity index (χ2v) is 16.8. The molecule has 1 unspecified atom stereocenters. The summed E-state index contributed by atoms with van der Waals surface area (Å²) in [5.41, 5.74) is 0.743. The lowest BCUT2D eigenvalue weighted by molar-refractivity contribution is -0.140. The van der Waals surface area contributed by atoms with Gasteiger partial charge in [0.25, 0.3) is 11.8 Å². The quantitative estimate of drug-likeness (QED) is 0.153. The van der Waals surface area contributed by atoms with E-state index in [-0.39, 0.29) is 71.3 Å². The van der Waals surface area contributed by atoms with Crippen molar-refractivity contribution < 1.29 is 41.5 Å². The van der Waals surface area contributed by atoms with E-state index in [0.29, 0.717) is 50.5 Å². The first-order valence-corrected chi connectivity index (χ1v) is 21.5. The Balaban J connectivity index is 0.797. The Kier molecular flexibility index (Phi) is 12.9. The highest BCUT2D eigenvalue weighted by molar-refractivity contribution is 6.02. The molecule has 5 aliphatic rings. The second-order valence-electron chi connectivity index (χ2n) is 16.8. The monoisotopic (exact) mass is 880 g/mol. The van der Waals surface area contributed by atoms with Crippen molar-refractivity contribution >= 4 is 58.1 Å². The molecule has 63 heavy (non-hydrogen) atoms. The summed E-state index contributed by atoms with van der Waals surface area (Å²) in [5.74, 6) is -6.85. The predicted octanol–water partition coefficient (Wildman–Crippen LogP) is 3.50. The van der Waals surface area contributed by atoms with Crippen molar-refractivity contribution in [2.45, 2.75) is 75.4 Å². The summed E-state index contributed by atoms with van der Waals surface area (Å²) in [5, 5.41) is 11.1. The molecule has 17 nitrogen and oxygen atoms in total. The van der Waals surface area contributed by atoms with Gasteiger partial charge in [0.2, 0.25) is 17.8 Å². The predicted molar refractivity (Wildman–Crippen MR) is 226 cm³/mol. The maximum atomic E-state index is 15.2. The Morgan fingerprint density at radius 2 is 1.59 bits per heavy atom. The molecule has 4 aliphatic heterocycles. The first-order valence-electron chi connectivity index (χ1n) is 21.5. The topological polar surface area (TPSA) is 180 Å². The molecule has 0 spiro atoms. The Morgan fingerprint density at radius 1 is 0.873 bits per heavy atom. The average molecular weight is 881 g/mol. The minimum atomic E-state index is -3.60. The number of aromatic nitrogens is 3. The first-order chi connectivity index (χ1) is 30.3. The van der Waals surface area contributed by atoms with Crippen LogP contribution in [0.15, 0.2) is 30.6 Å². The molecule has 4 N–H and O–H groups in total. The van der Waals surface area contributed by atoms with Crippen LogP contribution in [0.2, 0.25) is 0 Å². The van der Waals surface area contributed by atoms with Gasteiger partial charge in [-0.2, -0.15) is 13.8 Å². The SMILES string of the molecule is COc1cc(C(=O)NC2CCN(CCN3CCN(c4cc(F)c(NC5CCC(=O)NC5=O)cc4F)CC3)CC2)ncc1Nc1ncc2c(n1)N(C1CCCC1)CC(F)(F)C(=O)N2C. The van der Waals surface area contributed by atoms with E-state index in [9.17, 15) is 19.2 Å². The number of hydrogen-bond acceptors (Lipinski definition) is 14. The number of nitrogens with one attached hydrogen (secondary N) is 4. The summed E-state index contributed by atoms with van der Waals surface area (Å²) in [7, 11) is 2.75. The molecule has 3 saturated heterocycles. The van der Waals surface area contributed by atoms with E-state index in [2.05, 4.69) is 46.0 Å². The Bertz CT molecular complexity index is 2220. The maximum Gasteiger partial charge on any atom is 0.342 e. The van der Waals surface area contributed by atoms with Gasteiger partial charge in [-0.15, -0.1) is 0 Å². The largest absolute Gasteiger partial charge is 0.494 e. The van der Waals surface area contributed by atoms with Gasteiger partial charge in [-0.1, -0.05) is 12.8 Å². The van der Waals surface area contributed by atoms with Gasteiger partial charge in [-0.25, -0.2) is 18.7 Å². The Labute approximate surface area is 361 Å². The van der Waals surface area contributed by atoms with Crippen LogP contribution in [-0.4, -0.2) is 145 Å². The third-order valence-electron chi connectivity index (χ3n) is 12.7. The van der Waals surface area contributed by atoms with E-state index in [4.69, 9.17) is 4.74 Å². The molecule has 4 amide bonds. The normalized spacial score (nSPS) is 21.5. The van der Waals surface area contributed by atoms with Gasteiger partial charge in [0.05, 0.1) is 37.4 Å². The number of carbonyl (C=O) groups is 4. The van der Waals surface area contributed by atoms with Crippen LogP contribution in [0.1, 0.15) is 61.9 Å². The standard InChI is InChI=1S/C42H52F4N12O5/c1-54-34-23-48-41(53-37(34)58(26-5-3-4-6-26)24-42(45,46)40(54)62)51-32-22-47-31(21-35(32)63-2)39(61)49-25-9-11-55(12-10-25)13-14-56-15-17-57(18-16-56)33-20-27(43)30(19-28(33)44)50-29-7-8-36(59)52-38(29)60/h19-23,25-26,29,50H,3-18,24H2,1-2H3,(H,49,61)(H,48,51,53)(H,52,59,60). The van der Waals surface area contributed by atoms with Crippen LogP contribution in [0.5, 0.6) is 5.75 Å². The molecule has 2 aromatic heterocycles. The number of piperazine rings is 1. The molecular formula is C42H52F4N12O5. The number of anilines is 6. The average Bonchev–Trinajstić information content (AvgIpc) is 3.80. The maximum absolute atomic E-state index is 15.2. The molecule has 8 rings (SSSR count). The van der Waals surface area contributed by atoms with Crippen molar-refractivity contribution in [1.82, 2.24) is 35.4 Å². The van der Waals surface area contributed by atoms with Crippen molar-refractivity contribution in [2.24, 2.45) is 0 Å². The van der Waals surface area contributed by atoms with Crippen LogP contribution >= 0.6 is 0 Å². The molecule has 1 saturated carbocycles. The molecule has 0 bridgehead atoms. The van der Waals surface area contributed by atoms with E-state index in [0.717, 1.165) is 68.9 Å². The number of amides is 4. The number of halogens is 4. The summed E-state index contributed by atoms with van der Waals surface area (Å²) in [6.07, 6.45) is 7.82. The summed E-state index contributed by atoms with van der Waals surface area (Å²) in [6, 6.07) is 2.66. The lowest BCUT2D eigenvalue weighted by Crippen LogP contribution is -2.50. The number of hydrogen-bond donors (Lipinski definition) is 4. The van der Waals surface area contributed by atoms with Crippen LogP contribution in [0.3, 0.4) is 0 Å². The highest BCUT2D eigenvalue weighted by Gasteiger charge is 2.49. The number of nitrogens with zero attached hydrogens (tertiary/aromatic N) is 8. The number of likely N-dealkylation sites (tertiary alicyclic amines) is 1. The summed E-state index contributed by atoms with van der Waals surface area (Å²) in [4.78, 5) is 71.7. The number of carbonyl (C=O) groups excluding carboxylic acids is 4. The molecule has 0 radical (unpaired) electrons. The molecular weight excluding hydrogens is 829 g/mol. The van der Waals surface area contributed by atoms with Gasteiger partial charge in [0.15, 0.2) is 5.82 Å². The van der Waals surface area contributed by atoms with Gasteiger partial charge >= 0.3 is 5.92 Å². The molecule has 1 aliphatic carbocycles. The fraction of sp³-hybridized carbons (Fsp3) is 0.548. The lowest BCUT2D eigenvalue weighted by atomic mass is 10.0. The van der Waals surface area contributed by atoms with E-state index >= 15 is 17.6 Å². The Morgan fingerprint density at radius 3 is 2.29 bits per heavy atom. The molecule has 1 aromatic carbocycles. The summed E-state index contributed by atoms with van der Waals surface area (Å²) < 4.78 is 65.9. The summed E-state index contributed by atoms with van der Waals surface area (Å²) in [6.45, 7) is 4.82. The third-order valence-corrected chi connectivity index (χ3v) is 12.7. The van der Waals surface area contributed by atoms with Crippen molar-refractivity contribution in [3.63, 3.8) is 0 Å². The Hall–Kier alpha value is -5.83. The number of fused-ring (bicyclic) bond motifs is 1. The van der Waals surface area contributed by atoms with E-state index in [1.165, 1.54) is 37.5 Å². The van der Waals surface area contributed by atoms with E-state index in [1.807, 2.05) is 4.90 Å². The van der Waals surface area contributed by atoms with Gasteiger partial charge < -0.3 is 40.3 Å². The fourth-order valence-corrected chi connectivity index (χ4v) is 9.01. The molecule has 4 fully saturated rings. The van der Waals surface area contributed by atoms with Crippen molar-refractivity contribution in [3.8, 4) is 5.75 Å².